The van der Waals surface area contributed by atoms with Crippen LogP contribution >= 0.6 is 0 Å². The zero-order valence-electron chi connectivity index (χ0n) is 11.0. The minimum absolute atomic E-state index is 0.00760. The van der Waals surface area contributed by atoms with Gasteiger partial charge in [0.1, 0.15) is 12.1 Å². The molecule has 1 aromatic heterocycles. The Morgan fingerprint density at radius 2 is 1.95 bits per heavy atom. The van der Waals surface area contributed by atoms with Crippen molar-refractivity contribution < 1.29 is 22.7 Å². The zero-order valence-corrected chi connectivity index (χ0v) is 11.0. The topological polar surface area (TPSA) is 70.1 Å². The quantitative estimate of drug-likeness (QED) is 0.885. The maximum absolute atomic E-state index is 12.5. The van der Waals surface area contributed by atoms with Crippen molar-refractivity contribution in [2.75, 3.05) is 12.3 Å². The number of ether oxygens (including phenoxy) is 1. The Morgan fingerprint density at radius 1 is 1.33 bits per heavy atom. The van der Waals surface area contributed by atoms with Crippen molar-refractivity contribution in [2.45, 2.75) is 13.1 Å². The number of esters is 1. The lowest BCUT2D eigenvalue weighted by molar-refractivity contribution is -0.137. The fraction of sp³-hybridized carbons (Fsp3) is 0.231. The van der Waals surface area contributed by atoms with Crippen LogP contribution in [0.3, 0.4) is 0 Å². The minimum atomic E-state index is -4.41. The maximum atomic E-state index is 12.5. The highest BCUT2D eigenvalue weighted by molar-refractivity contribution is 5.92. The van der Waals surface area contributed by atoms with Gasteiger partial charge in [0, 0.05) is 5.69 Å². The van der Waals surface area contributed by atoms with Gasteiger partial charge in [-0.15, -0.1) is 0 Å². The van der Waals surface area contributed by atoms with Crippen molar-refractivity contribution in [2.24, 2.45) is 0 Å². The smallest absolute Gasteiger partial charge is 0.416 e. The monoisotopic (exact) mass is 299 g/mol. The van der Waals surface area contributed by atoms with Crippen LogP contribution in [-0.4, -0.2) is 22.1 Å². The van der Waals surface area contributed by atoms with E-state index in [4.69, 9.17) is 10.5 Å². The summed E-state index contributed by atoms with van der Waals surface area (Å²) in [5.74, 6) is -0.672. The number of nitrogens with zero attached hydrogens (tertiary/aromatic N) is 2. The van der Waals surface area contributed by atoms with E-state index < -0.39 is 17.7 Å². The Kier molecular flexibility index (Phi) is 3.88. The lowest BCUT2D eigenvalue weighted by Crippen LogP contribution is -2.09. The highest BCUT2D eigenvalue weighted by Crippen LogP contribution is 2.30. The average Bonchev–Trinajstić information content (AvgIpc) is 2.80. The number of aromatic nitrogens is 2. The van der Waals surface area contributed by atoms with Crippen LogP contribution in [0.4, 0.5) is 19.0 Å². The molecule has 1 heterocycles. The van der Waals surface area contributed by atoms with Crippen LogP contribution < -0.4 is 5.73 Å². The van der Waals surface area contributed by atoms with Crippen molar-refractivity contribution in [1.82, 2.24) is 9.55 Å². The van der Waals surface area contributed by atoms with Crippen molar-refractivity contribution >= 4 is 11.8 Å². The first-order valence-corrected chi connectivity index (χ1v) is 6.02. The number of alkyl halides is 3. The first kappa shape index (κ1) is 14.9. The number of imidazole rings is 1. The third-order valence-electron chi connectivity index (χ3n) is 2.75. The first-order valence-electron chi connectivity index (χ1n) is 6.02. The summed E-state index contributed by atoms with van der Waals surface area (Å²) in [7, 11) is 0. The van der Waals surface area contributed by atoms with E-state index in [9.17, 15) is 18.0 Å². The number of rotatable bonds is 3. The van der Waals surface area contributed by atoms with E-state index in [0.29, 0.717) is 5.69 Å². The van der Waals surface area contributed by atoms with Gasteiger partial charge in [0.05, 0.1) is 12.2 Å². The highest BCUT2D eigenvalue weighted by atomic mass is 19.4. The second-order valence-corrected chi connectivity index (χ2v) is 4.11. The normalized spacial score (nSPS) is 11.4. The third kappa shape index (κ3) is 2.99. The van der Waals surface area contributed by atoms with Crippen LogP contribution in [0, 0.1) is 0 Å². The van der Waals surface area contributed by atoms with Crippen LogP contribution in [0.15, 0.2) is 30.6 Å². The predicted octanol–water partition coefficient (Wildman–Crippen LogP) is 2.65. The number of carbonyl (C=O) groups is 1. The molecule has 21 heavy (non-hydrogen) atoms. The second kappa shape index (κ2) is 5.47. The standard InChI is InChI=1S/C13H12F3N3O2/c1-2-21-12(20)10-11(17)19(7-18-10)9-5-3-8(4-6-9)13(14,15)16/h3-7H,2,17H2,1H3. The molecule has 5 nitrogen and oxygen atoms in total. The van der Waals surface area contributed by atoms with Crippen LogP contribution in [0.5, 0.6) is 0 Å². The molecule has 0 amide bonds. The fourth-order valence-corrected chi connectivity index (χ4v) is 1.73. The summed E-state index contributed by atoms with van der Waals surface area (Å²) < 4.78 is 43.6. The van der Waals surface area contributed by atoms with Gasteiger partial charge in [-0.1, -0.05) is 0 Å². The molecule has 0 unspecified atom stereocenters. The SMILES string of the molecule is CCOC(=O)c1ncn(-c2ccc(C(F)(F)F)cc2)c1N. The van der Waals surface area contributed by atoms with Gasteiger partial charge in [0.2, 0.25) is 0 Å². The van der Waals surface area contributed by atoms with E-state index in [1.165, 1.54) is 23.0 Å². The Labute approximate surface area is 118 Å². The van der Waals surface area contributed by atoms with Gasteiger partial charge >= 0.3 is 12.1 Å². The second-order valence-electron chi connectivity index (χ2n) is 4.11. The summed E-state index contributed by atoms with van der Waals surface area (Å²) in [6, 6.07) is 4.35. The van der Waals surface area contributed by atoms with Gasteiger partial charge < -0.3 is 10.5 Å². The number of anilines is 1. The van der Waals surface area contributed by atoms with E-state index in [1.807, 2.05) is 0 Å². The molecule has 112 valence electrons. The number of nitrogens with two attached hydrogens (primary N) is 1. The lowest BCUT2D eigenvalue weighted by atomic mass is 10.2. The maximum Gasteiger partial charge on any atom is 0.416 e. The molecule has 2 N–H and O–H groups in total. The predicted molar refractivity (Wildman–Crippen MR) is 68.9 cm³/mol. The van der Waals surface area contributed by atoms with Crippen molar-refractivity contribution in [1.29, 1.82) is 0 Å². The molecule has 0 aliphatic rings. The molecule has 0 atom stereocenters. The molecule has 0 fully saturated rings. The molecule has 0 aliphatic carbocycles. The molecular weight excluding hydrogens is 287 g/mol. The molecule has 0 aliphatic heterocycles. The number of halogens is 3. The van der Waals surface area contributed by atoms with E-state index in [2.05, 4.69) is 4.98 Å². The van der Waals surface area contributed by atoms with Crippen molar-refractivity contribution in [3.8, 4) is 5.69 Å². The van der Waals surface area contributed by atoms with Crippen LogP contribution in [0.1, 0.15) is 23.0 Å². The zero-order chi connectivity index (χ0) is 15.6. The molecule has 8 heteroatoms. The number of hydrogen-bond acceptors (Lipinski definition) is 4. The van der Waals surface area contributed by atoms with Gasteiger partial charge in [-0.05, 0) is 31.2 Å². The summed E-state index contributed by atoms with van der Waals surface area (Å²) in [4.78, 5) is 15.4. The molecule has 0 saturated carbocycles. The summed E-state index contributed by atoms with van der Waals surface area (Å²) in [6.07, 6.45) is -3.15. The van der Waals surface area contributed by atoms with Crippen molar-refractivity contribution in [3.63, 3.8) is 0 Å². The van der Waals surface area contributed by atoms with Gasteiger partial charge in [-0.25, -0.2) is 9.78 Å². The number of benzene rings is 1. The van der Waals surface area contributed by atoms with Gasteiger partial charge in [0.25, 0.3) is 0 Å². The molecule has 0 bridgehead atoms. The molecule has 0 saturated heterocycles. The van der Waals surface area contributed by atoms with Gasteiger partial charge in [-0.2, -0.15) is 13.2 Å². The Bertz CT molecular complexity index is 648. The Hall–Kier alpha value is -2.51. The molecule has 1 aromatic carbocycles. The van der Waals surface area contributed by atoms with E-state index in [-0.39, 0.29) is 18.1 Å². The molecular formula is C13H12F3N3O2. The third-order valence-corrected chi connectivity index (χ3v) is 2.75. The van der Waals surface area contributed by atoms with Crippen LogP contribution in [-0.2, 0) is 10.9 Å². The Morgan fingerprint density at radius 3 is 2.48 bits per heavy atom. The highest BCUT2D eigenvalue weighted by Gasteiger charge is 2.30. The number of hydrogen-bond donors (Lipinski definition) is 1. The summed E-state index contributed by atoms with van der Waals surface area (Å²) in [6.45, 7) is 1.81. The number of nitrogen functional groups attached to an aromatic ring is 1. The van der Waals surface area contributed by atoms with Crippen LogP contribution in [0.25, 0.3) is 5.69 Å². The summed E-state index contributed by atoms with van der Waals surface area (Å²) in [5.41, 5.74) is 5.29. The van der Waals surface area contributed by atoms with E-state index in [1.54, 1.807) is 6.92 Å². The molecule has 2 aromatic rings. The summed E-state index contributed by atoms with van der Waals surface area (Å²) in [5, 5.41) is 0. The largest absolute Gasteiger partial charge is 0.461 e. The van der Waals surface area contributed by atoms with Crippen molar-refractivity contribution in [3.05, 3.63) is 41.9 Å². The van der Waals surface area contributed by atoms with Gasteiger partial charge in [-0.3, -0.25) is 4.57 Å². The van der Waals surface area contributed by atoms with E-state index >= 15 is 0 Å². The number of carbonyl (C=O) groups excluding carboxylic acids is 1. The molecule has 0 spiro atoms. The summed E-state index contributed by atoms with van der Waals surface area (Å²) >= 11 is 0. The fourth-order valence-electron chi connectivity index (χ4n) is 1.73. The first-order chi connectivity index (χ1) is 9.84. The van der Waals surface area contributed by atoms with Gasteiger partial charge in [0.15, 0.2) is 5.69 Å². The Balaban J connectivity index is 2.33. The lowest BCUT2D eigenvalue weighted by Gasteiger charge is -2.09. The molecule has 0 radical (unpaired) electrons. The average molecular weight is 299 g/mol. The minimum Gasteiger partial charge on any atom is -0.461 e. The van der Waals surface area contributed by atoms with E-state index in [0.717, 1.165) is 12.1 Å². The van der Waals surface area contributed by atoms with Crippen LogP contribution in [0.2, 0.25) is 0 Å². The molecule has 2 rings (SSSR count).